The minimum absolute atomic E-state index is 0.136. The van der Waals surface area contributed by atoms with Gasteiger partial charge < -0.3 is 10.6 Å². The van der Waals surface area contributed by atoms with Crippen molar-refractivity contribution in [2.24, 2.45) is 0 Å². The van der Waals surface area contributed by atoms with E-state index in [-0.39, 0.29) is 5.91 Å². The summed E-state index contributed by atoms with van der Waals surface area (Å²) in [7, 11) is 0. The van der Waals surface area contributed by atoms with Crippen molar-refractivity contribution in [2.45, 2.75) is 31.7 Å². The predicted molar refractivity (Wildman–Crippen MR) is 58.7 cm³/mol. The number of aryl methyl sites for hydroxylation is 1. The van der Waals surface area contributed by atoms with Crippen molar-refractivity contribution in [3.63, 3.8) is 0 Å². The van der Waals surface area contributed by atoms with Crippen molar-refractivity contribution in [3.8, 4) is 0 Å². The van der Waals surface area contributed by atoms with Gasteiger partial charge in [-0.1, -0.05) is 0 Å². The van der Waals surface area contributed by atoms with Gasteiger partial charge in [-0.05, 0) is 25.8 Å². The van der Waals surface area contributed by atoms with E-state index < -0.39 is 0 Å². The van der Waals surface area contributed by atoms with Gasteiger partial charge in [0.05, 0.1) is 11.9 Å². The van der Waals surface area contributed by atoms with Gasteiger partial charge in [0.2, 0.25) is 5.91 Å². The third kappa shape index (κ3) is 3.30. The lowest BCUT2D eigenvalue weighted by Gasteiger charge is -2.10. The summed E-state index contributed by atoms with van der Waals surface area (Å²) in [6.07, 6.45) is 4.91. The fraction of sp³-hybridized carbons (Fsp3) is 0.700. The van der Waals surface area contributed by atoms with E-state index in [2.05, 4.69) is 26.0 Å². The van der Waals surface area contributed by atoms with Crippen molar-refractivity contribution in [3.05, 3.63) is 11.9 Å². The van der Waals surface area contributed by atoms with Crippen molar-refractivity contribution in [1.82, 2.24) is 26.0 Å². The predicted octanol–water partition coefficient (Wildman–Crippen LogP) is -0.394. The van der Waals surface area contributed by atoms with Crippen molar-refractivity contribution in [1.29, 1.82) is 0 Å². The first-order valence-corrected chi connectivity index (χ1v) is 5.69. The number of H-pyrrole nitrogens is 1. The molecule has 3 N–H and O–H groups in total. The number of amides is 1. The van der Waals surface area contributed by atoms with Crippen LogP contribution in [0, 0.1) is 0 Å². The summed E-state index contributed by atoms with van der Waals surface area (Å²) < 4.78 is 0. The van der Waals surface area contributed by atoms with E-state index >= 15 is 0 Å². The molecule has 0 spiro atoms. The van der Waals surface area contributed by atoms with Gasteiger partial charge in [0.25, 0.3) is 0 Å². The third-order valence-corrected chi connectivity index (χ3v) is 2.73. The lowest BCUT2D eigenvalue weighted by molar-refractivity contribution is -0.121. The van der Waals surface area contributed by atoms with Gasteiger partial charge in [-0.2, -0.15) is 15.4 Å². The Morgan fingerprint density at radius 3 is 3.25 bits per heavy atom. The van der Waals surface area contributed by atoms with Crippen LogP contribution in [0.2, 0.25) is 0 Å². The number of nitrogens with zero attached hydrogens (tertiary/aromatic N) is 2. The molecular formula is C10H17N5O. The SMILES string of the molecule is O=C(CCCc1cn[nH]n1)NC1CCNC1. The number of nitrogens with one attached hydrogen (secondary N) is 3. The van der Waals surface area contributed by atoms with Gasteiger partial charge in [0, 0.05) is 19.0 Å². The molecule has 16 heavy (non-hydrogen) atoms. The zero-order chi connectivity index (χ0) is 11.2. The van der Waals surface area contributed by atoms with Gasteiger partial charge >= 0.3 is 0 Å². The molecule has 1 atom stereocenters. The minimum Gasteiger partial charge on any atom is -0.352 e. The molecule has 6 heteroatoms. The Balaban J connectivity index is 1.60. The molecule has 6 nitrogen and oxygen atoms in total. The summed E-state index contributed by atoms with van der Waals surface area (Å²) >= 11 is 0. The fourth-order valence-corrected chi connectivity index (χ4v) is 1.85. The zero-order valence-electron chi connectivity index (χ0n) is 9.20. The summed E-state index contributed by atoms with van der Waals surface area (Å²) in [5, 5.41) is 16.4. The summed E-state index contributed by atoms with van der Waals surface area (Å²) in [5.74, 6) is 0.136. The molecule has 2 heterocycles. The molecule has 0 radical (unpaired) electrons. The lowest BCUT2D eigenvalue weighted by Crippen LogP contribution is -2.36. The molecule has 1 aliphatic heterocycles. The molecule has 0 saturated carbocycles. The van der Waals surface area contributed by atoms with E-state index in [1.807, 2.05) is 0 Å². The molecular weight excluding hydrogens is 206 g/mol. The van der Waals surface area contributed by atoms with Crippen LogP contribution >= 0.6 is 0 Å². The topological polar surface area (TPSA) is 82.7 Å². The largest absolute Gasteiger partial charge is 0.352 e. The van der Waals surface area contributed by atoms with Crippen LogP contribution in [0.25, 0.3) is 0 Å². The van der Waals surface area contributed by atoms with Crippen LogP contribution < -0.4 is 10.6 Å². The Morgan fingerprint density at radius 2 is 2.56 bits per heavy atom. The van der Waals surface area contributed by atoms with E-state index in [9.17, 15) is 4.79 Å². The first-order valence-electron chi connectivity index (χ1n) is 5.69. The molecule has 1 unspecified atom stereocenters. The number of hydrogen-bond donors (Lipinski definition) is 3. The molecule has 0 bridgehead atoms. The van der Waals surface area contributed by atoms with Crippen molar-refractivity contribution >= 4 is 5.91 Å². The van der Waals surface area contributed by atoms with Crippen LogP contribution in [0.1, 0.15) is 25.0 Å². The summed E-state index contributed by atoms with van der Waals surface area (Å²) in [6.45, 7) is 1.90. The van der Waals surface area contributed by atoms with Gasteiger partial charge in [-0.15, -0.1) is 0 Å². The molecule has 1 saturated heterocycles. The standard InChI is InChI=1S/C10H17N5O/c16-10(13-8-4-5-11-6-8)3-1-2-9-7-12-15-14-9/h7-8,11H,1-6H2,(H,13,16)(H,12,14,15). The molecule has 1 aromatic heterocycles. The summed E-state index contributed by atoms with van der Waals surface area (Å²) in [4.78, 5) is 11.5. The van der Waals surface area contributed by atoms with E-state index in [0.717, 1.165) is 38.0 Å². The molecule has 1 aromatic rings. The van der Waals surface area contributed by atoms with E-state index in [1.54, 1.807) is 6.20 Å². The van der Waals surface area contributed by atoms with E-state index in [1.165, 1.54) is 0 Å². The number of aromatic amines is 1. The Kier molecular flexibility index (Phi) is 3.87. The van der Waals surface area contributed by atoms with Crippen LogP contribution in [0.3, 0.4) is 0 Å². The molecule has 1 fully saturated rings. The van der Waals surface area contributed by atoms with Crippen LogP contribution in [0.5, 0.6) is 0 Å². The van der Waals surface area contributed by atoms with Gasteiger partial charge in [0.15, 0.2) is 0 Å². The number of carbonyl (C=O) groups is 1. The normalized spacial score (nSPS) is 19.9. The lowest BCUT2D eigenvalue weighted by atomic mass is 10.2. The average molecular weight is 223 g/mol. The highest BCUT2D eigenvalue weighted by Gasteiger charge is 2.16. The maximum Gasteiger partial charge on any atom is 0.220 e. The Morgan fingerprint density at radius 1 is 1.62 bits per heavy atom. The number of aromatic nitrogens is 3. The van der Waals surface area contributed by atoms with Crippen LogP contribution in [0.15, 0.2) is 6.20 Å². The Labute approximate surface area is 94.2 Å². The Hall–Kier alpha value is -1.43. The van der Waals surface area contributed by atoms with Gasteiger partial charge in [0.1, 0.15) is 0 Å². The smallest absolute Gasteiger partial charge is 0.220 e. The van der Waals surface area contributed by atoms with Gasteiger partial charge in [-0.25, -0.2) is 0 Å². The van der Waals surface area contributed by atoms with E-state index in [4.69, 9.17) is 0 Å². The second kappa shape index (κ2) is 5.60. The Bertz CT molecular complexity index is 318. The number of carbonyl (C=O) groups excluding carboxylic acids is 1. The summed E-state index contributed by atoms with van der Waals surface area (Å²) in [5.41, 5.74) is 0.912. The highest BCUT2D eigenvalue weighted by atomic mass is 16.1. The molecule has 1 aliphatic rings. The second-order valence-corrected chi connectivity index (χ2v) is 4.07. The van der Waals surface area contributed by atoms with E-state index in [0.29, 0.717) is 12.5 Å². The zero-order valence-corrected chi connectivity index (χ0v) is 9.20. The maximum absolute atomic E-state index is 11.5. The average Bonchev–Trinajstić information content (AvgIpc) is 2.90. The quantitative estimate of drug-likeness (QED) is 0.634. The molecule has 2 rings (SSSR count). The molecule has 0 aliphatic carbocycles. The highest BCUT2D eigenvalue weighted by molar-refractivity contribution is 5.76. The highest BCUT2D eigenvalue weighted by Crippen LogP contribution is 2.01. The monoisotopic (exact) mass is 223 g/mol. The first kappa shape index (κ1) is 11.1. The first-order chi connectivity index (χ1) is 7.84. The van der Waals surface area contributed by atoms with Crippen LogP contribution in [-0.2, 0) is 11.2 Å². The number of hydrogen-bond acceptors (Lipinski definition) is 4. The minimum atomic E-state index is 0.136. The third-order valence-electron chi connectivity index (χ3n) is 2.73. The second-order valence-electron chi connectivity index (χ2n) is 4.07. The van der Waals surface area contributed by atoms with Crippen LogP contribution in [0.4, 0.5) is 0 Å². The number of rotatable bonds is 5. The van der Waals surface area contributed by atoms with Crippen molar-refractivity contribution < 1.29 is 4.79 Å². The van der Waals surface area contributed by atoms with Crippen LogP contribution in [-0.4, -0.2) is 40.4 Å². The molecule has 0 aromatic carbocycles. The van der Waals surface area contributed by atoms with Gasteiger partial charge in [-0.3, -0.25) is 4.79 Å². The summed E-state index contributed by atoms with van der Waals surface area (Å²) in [6, 6.07) is 0.319. The fourth-order valence-electron chi connectivity index (χ4n) is 1.85. The maximum atomic E-state index is 11.5. The molecule has 88 valence electrons. The molecule has 1 amide bonds. The van der Waals surface area contributed by atoms with Crippen molar-refractivity contribution in [2.75, 3.05) is 13.1 Å².